The molecule has 0 saturated heterocycles. The summed E-state index contributed by atoms with van der Waals surface area (Å²) in [6, 6.07) is 0. The number of hydrogen-bond acceptors (Lipinski definition) is 2. The molecule has 0 bridgehead atoms. The van der Waals surface area contributed by atoms with E-state index in [0.717, 1.165) is 0 Å². The molecular formula is C3H12O6P2S. The highest BCUT2D eigenvalue weighted by molar-refractivity contribution is 8.54. The van der Waals surface area contributed by atoms with Crippen LogP contribution in [0.5, 0.6) is 0 Å². The maximum absolute atomic E-state index is 10.3. The van der Waals surface area contributed by atoms with Gasteiger partial charge >= 0.3 is 6.80 Å². The van der Waals surface area contributed by atoms with Crippen molar-refractivity contribution in [3.8, 4) is 0 Å². The van der Waals surface area contributed by atoms with Crippen molar-refractivity contribution in [3.05, 3.63) is 0 Å². The van der Waals surface area contributed by atoms with E-state index >= 15 is 0 Å². The molecule has 0 unspecified atom stereocenters. The average molecular weight is 238 g/mol. The molecule has 0 amide bonds. The molecule has 0 aromatic heterocycles. The number of hydrogen-bond donors (Lipinski definition) is 5. The zero-order valence-corrected chi connectivity index (χ0v) is 9.04. The lowest BCUT2D eigenvalue weighted by Crippen LogP contribution is -1.91. The maximum Gasteiger partial charge on any atom is 0.381 e. The Morgan fingerprint density at radius 1 is 1.33 bits per heavy atom. The molecular weight excluding hydrogens is 226 g/mol. The van der Waals surface area contributed by atoms with Gasteiger partial charge in [-0.1, -0.05) is 6.92 Å². The second-order valence-corrected chi connectivity index (χ2v) is 9.71. The van der Waals surface area contributed by atoms with Crippen LogP contribution < -0.4 is 0 Å². The first-order chi connectivity index (χ1) is 5.27. The molecule has 0 atom stereocenters. The minimum absolute atomic E-state index is 0.0772. The minimum Gasteiger partial charge on any atom is -0.328 e. The van der Waals surface area contributed by atoms with Crippen LogP contribution in [0.1, 0.15) is 13.3 Å². The second kappa shape index (κ2) is 4.88. The van der Waals surface area contributed by atoms with Crippen LogP contribution in [0.15, 0.2) is 0 Å². The first kappa shape index (κ1) is 12.8. The molecule has 0 aromatic carbocycles. The summed E-state index contributed by atoms with van der Waals surface area (Å²) in [5.41, 5.74) is 0. The Labute approximate surface area is 73.3 Å². The van der Waals surface area contributed by atoms with Gasteiger partial charge in [-0.25, -0.2) is 4.57 Å². The van der Waals surface area contributed by atoms with Crippen molar-refractivity contribution in [1.82, 2.24) is 0 Å². The van der Waals surface area contributed by atoms with E-state index in [1.165, 1.54) is 0 Å². The lowest BCUT2D eigenvalue weighted by atomic mass is 10.5. The second-order valence-electron chi connectivity index (χ2n) is 1.95. The van der Waals surface area contributed by atoms with Gasteiger partial charge in [0.2, 0.25) is 0 Å². The van der Waals surface area contributed by atoms with E-state index in [9.17, 15) is 4.57 Å². The van der Waals surface area contributed by atoms with Crippen LogP contribution in [0.2, 0.25) is 0 Å². The minimum atomic E-state index is -4.43. The Kier molecular flexibility index (Phi) is 5.21. The molecule has 0 aliphatic heterocycles. The summed E-state index contributed by atoms with van der Waals surface area (Å²) in [5.74, 6) is 0. The van der Waals surface area contributed by atoms with Crippen molar-refractivity contribution >= 4 is 24.1 Å². The van der Waals surface area contributed by atoms with Crippen molar-refractivity contribution in [2.45, 2.75) is 13.3 Å². The van der Waals surface area contributed by atoms with Gasteiger partial charge in [-0.05, 0) is 17.0 Å². The SMILES string of the molecule is CCCOP(O)(O)=[SH]P(=O)(O)O. The van der Waals surface area contributed by atoms with Gasteiger partial charge < -0.3 is 24.1 Å². The monoisotopic (exact) mass is 238 g/mol. The molecule has 0 aliphatic rings. The Bertz CT molecular complexity index is 227. The molecule has 9 heteroatoms. The Morgan fingerprint density at radius 3 is 2.17 bits per heavy atom. The summed E-state index contributed by atoms with van der Waals surface area (Å²) in [6.07, 6.45) is 0.555. The highest BCUT2D eigenvalue weighted by Crippen LogP contribution is 2.50. The number of thiol groups is 1. The van der Waals surface area contributed by atoms with Crippen LogP contribution in [-0.4, -0.2) is 26.2 Å². The van der Waals surface area contributed by atoms with Crippen molar-refractivity contribution in [1.29, 1.82) is 0 Å². The smallest absolute Gasteiger partial charge is 0.328 e. The van der Waals surface area contributed by atoms with Crippen LogP contribution >= 0.6 is 13.5 Å². The van der Waals surface area contributed by atoms with Crippen molar-refractivity contribution in [2.75, 3.05) is 6.61 Å². The fraction of sp³-hybridized carbons (Fsp3) is 1.00. The van der Waals surface area contributed by atoms with E-state index in [1.54, 1.807) is 6.92 Å². The summed E-state index contributed by atoms with van der Waals surface area (Å²) in [4.78, 5) is 34.6. The fourth-order valence-electron chi connectivity index (χ4n) is 0.391. The van der Waals surface area contributed by atoms with E-state index < -0.39 is 24.1 Å². The summed E-state index contributed by atoms with van der Waals surface area (Å²) >= 11 is 0. The first-order valence-electron chi connectivity index (χ1n) is 3.06. The van der Waals surface area contributed by atoms with Crippen molar-refractivity contribution in [3.63, 3.8) is 0 Å². The zero-order valence-electron chi connectivity index (χ0n) is 6.36. The van der Waals surface area contributed by atoms with Crippen LogP contribution in [0.4, 0.5) is 0 Å². The van der Waals surface area contributed by atoms with E-state index in [0.29, 0.717) is 6.42 Å². The van der Waals surface area contributed by atoms with Crippen LogP contribution in [0.3, 0.4) is 0 Å². The standard InChI is InChI=1S/C3H12O6P2S/c1-2-3-9-11(7,8)12-10(4,5)6/h7-8,12H,2-3H2,1H3,(H2,4,5,6). The first-order valence-corrected chi connectivity index (χ1v) is 8.59. The Morgan fingerprint density at radius 2 is 1.83 bits per heavy atom. The van der Waals surface area contributed by atoms with Crippen LogP contribution in [0.25, 0.3) is 0 Å². The largest absolute Gasteiger partial charge is 0.381 e. The van der Waals surface area contributed by atoms with Gasteiger partial charge in [0.1, 0.15) is 0 Å². The molecule has 0 aliphatic carbocycles. The number of rotatable bonds is 4. The van der Waals surface area contributed by atoms with E-state index in [1.807, 2.05) is 0 Å². The molecule has 0 radical (unpaired) electrons. The molecule has 6 nitrogen and oxygen atoms in total. The predicted molar refractivity (Wildman–Crippen MR) is 48.4 cm³/mol. The van der Waals surface area contributed by atoms with Crippen molar-refractivity contribution in [2.24, 2.45) is 0 Å². The maximum atomic E-state index is 10.3. The average Bonchev–Trinajstić information content (AvgIpc) is 1.78. The lowest BCUT2D eigenvalue weighted by molar-refractivity contribution is 0.252. The molecule has 0 saturated carbocycles. The molecule has 0 rings (SSSR count). The Hall–Kier alpha value is 0.810. The molecule has 0 heterocycles. The molecule has 0 fully saturated rings. The molecule has 76 valence electrons. The van der Waals surface area contributed by atoms with Gasteiger partial charge in [-0.2, -0.15) is 0 Å². The summed E-state index contributed by atoms with van der Waals surface area (Å²) in [7, 11) is -0.745. The molecule has 0 spiro atoms. The van der Waals surface area contributed by atoms with Gasteiger partial charge in [-0.15, -0.1) is 0 Å². The highest BCUT2D eigenvalue weighted by Gasteiger charge is 2.18. The zero-order chi connectivity index (χ0) is 9.83. The van der Waals surface area contributed by atoms with Crippen molar-refractivity contribution < 1.29 is 28.7 Å². The summed E-state index contributed by atoms with van der Waals surface area (Å²) in [6.45, 7) is -6.48. The highest BCUT2D eigenvalue weighted by atomic mass is 32.9. The molecule has 4 N–H and O–H groups in total. The fourth-order valence-corrected chi connectivity index (χ4v) is 5.68. The van der Waals surface area contributed by atoms with Gasteiger partial charge in [0.05, 0.1) is 6.61 Å². The molecule has 0 aromatic rings. The van der Waals surface area contributed by atoms with Gasteiger partial charge in [0.25, 0.3) is 6.72 Å². The Balaban J connectivity index is 4.38. The van der Waals surface area contributed by atoms with E-state index in [-0.39, 0.29) is 6.61 Å². The van der Waals surface area contributed by atoms with Gasteiger partial charge in [0.15, 0.2) is 0 Å². The normalized spacial score (nSPS) is 13.4. The van der Waals surface area contributed by atoms with Gasteiger partial charge in [0, 0.05) is 0 Å². The van der Waals surface area contributed by atoms with Gasteiger partial charge in [-0.3, -0.25) is 0 Å². The quantitative estimate of drug-likeness (QED) is 0.348. The predicted octanol–water partition coefficient (Wildman–Crippen LogP) is -0.0172. The third kappa shape index (κ3) is 7.46. The summed E-state index contributed by atoms with van der Waals surface area (Å²) < 4.78 is 14.8. The van der Waals surface area contributed by atoms with E-state index in [2.05, 4.69) is 4.52 Å². The third-order valence-electron chi connectivity index (χ3n) is 0.702. The third-order valence-corrected chi connectivity index (χ3v) is 7.64. The van der Waals surface area contributed by atoms with Crippen LogP contribution in [0, 0.1) is 0 Å². The van der Waals surface area contributed by atoms with E-state index in [4.69, 9.17) is 19.6 Å². The topological polar surface area (TPSA) is 107 Å². The van der Waals surface area contributed by atoms with Crippen LogP contribution in [-0.2, 0) is 19.6 Å². The molecule has 12 heavy (non-hydrogen) atoms. The lowest BCUT2D eigenvalue weighted by Gasteiger charge is -2.11. The summed E-state index contributed by atoms with van der Waals surface area (Å²) in [5, 5.41) is 0.